The van der Waals surface area contributed by atoms with Gasteiger partial charge in [0, 0.05) is 12.1 Å². The highest BCUT2D eigenvalue weighted by atomic mass is 16.5. The van der Waals surface area contributed by atoms with Crippen molar-refractivity contribution >= 4 is 0 Å². The van der Waals surface area contributed by atoms with Crippen LogP contribution in [-0.2, 0) is 4.74 Å². The van der Waals surface area contributed by atoms with Gasteiger partial charge in [0.25, 0.3) is 0 Å². The lowest BCUT2D eigenvalue weighted by molar-refractivity contribution is -0.105. The van der Waals surface area contributed by atoms with Crippen LogP contribution in [-0.4, -0.2) is 48.2 Å². The first-order chi connectivity index (χ1) is 10.4. The standard InChI is InChI=1S/C18H33NO3/c1-17(2,11-20)19-9-16(21)10-22-12-18-6-13-3-14(7-18)5-15(4-13)8-18/h13-16,19-21H,3-12H2,1-2H3/t13?,14?,15?,16-,18?/m1/s1. The molecule has 1 atom stereocenters. The third-order valence-corrected chi connectivity index (χ3v) is 6.10. The van der Waals surface area contributed by atoms with Crippen LogP contribution in [0.5, 0.6) is 0 Å². The maximum atomic E-state index is 10.1. The van der Waals surface area contributed by atoms with Gasteiger partial charge in [-0.1, -0.05) is 0 Å². The quantitative estimate of drug-likeness (QED) is 0.641. The van der Waals surface area contributed by atoms with E-state index < -0.39 is 6.10 Å². The van der Waals surface area contributed by atoms with Crippen LogP contribution in [0.3, 0.4) is 0 Å². The van der Waals surface area contributed by atoms with E-state index in [0.717, 1.165) is 24.4 Å². The Morgan fingerprint density at radius 2 is 1.68 bits per heavy atom. The number of aliphatic hydroxyl groups excluding tert-OH is 2. The smallest absolute Gasteiger partial charge is 0.0897 e. The normalized spacial score (nSPS) is 38.5. The molecule has 0 unspecified atom stereocenters. The molecule has 4 nitrogen and oxygen atoms in total. The second-order valence-electron chi connectivity index (χ2n) is 9.01. The van der Waals surface area contributed by atoms with E-state index in [1.165, 1.54) is 38.5 Å². The molecule has 0 spiro atoms. The highest BCUT2D eigenvalue weighted by Crippen LogP contribution is 2.60. The van der Waals surface area contributed by atoms with Gasteiger partial charge in [0.2, 0.25) is 0 Å². The van der Waals surface area contributed by atoms with E-state index in [1.54, 1.807) is 0 Å². The Labute approximate surface area is 134 Å². The number of nitrogens with one attached hydrogen (secondary N) is 1. The average Bonchev–Trinajstić information content (AvgIpc) is 2.43. The summed E-state index contributed by atoms with van der Waals surface area (Å²) in [4.78, 5) is 0. The van der Waals surface area contributed by atoms with Gasteiger partial charge in [0.15, 0.2) is 0 Å². The Morgan fingerprint density at radius 1 is 1.14 bits per heavy atom. The highest BCUT2D eigenvalue weighted by molar-refractivity contribution is 5.01. The molecular formula is C18H33NO3. The monoisotopic (exact) mass is 311 g/mol. The zero-order valence-electron chi connectivity index (χ0n) is 14.2. The minimum atomic E-state index is -0.500. The lowest BCUT2D eigenvalue weighted by Gasteiger charge is -2.56. The number of ether oxygens (including phenoxy) is 1. The molecule has 4 rings (SSSR count). The Hall–Kier alpha value is -0.160. The van der Waals surface area contributed by atoms with Crippen molar-refractivity contribution in [3.63, 3.8) is 0 Å². The van der Waals surface area contributed by atoms with E-state index in [4.69, 9.17) is 4.74 Å². The van der Waals surface area contributed by atoms with Crippen LogP contribution in [0.4, 0.5) is 0 Å². The minimum Gasteiger partial charge on any atom is -0.394 e. The topological polar surface area (TPSA) is 61.7 Å². The molecule has 0 aliphatic heterocycles. The largest absolute Gasteiger partial charge is 0.394 e. The lowest BCUT2D eigenvalue weighted by Crippen LogP contribution is -2.49. The van der Waals surface area contributed by atoms with E-state index in [2.05, 4.69) is 5.32 Å². The molecule has 4 bridgehead atoms. The molecule has 4 aliphatic rings. The third-order valence-electron chi connectivity index (χ3n) is 6.10. The third kappa shape index (κ3) is 3.84. The molecule has 0 radical (unpaired) electrons. The summed E-state index contributed by atoms with van der Waals surface area (Å²) in [5.41, 5.74) is 0.0766. The molecule has 4 heteroatoms. The van der Waals surface area contributed by atoms with Crippen LogP contribution in [0, 0.1) is 23.2 Å². The van der Waals surface area contributed by atoms with E-state index in [-0.39, 0.29) is 12.1 Å². The average molecular weight is 311 g/mol. The van der Waals surface area contributed by atoms with Gasteiger partial charge in [-0.05, 0) is 75.5 Å². The zero-order chi connectivity index (χ0) is 15.8. The van der Waals surface area contributed by atoms with Crippen molar-refractivity contribution in [2.45, 2.75) is 64.0 Å². The van der Waals surface area contributed by atoms with E-state index in [9.17, 15) is 10.2 Å². The van der Waals surface area contributed by atoms with Gasteiger partial charge >= 0.3 is 0 Å². The minimum absolute atomic E-state index is 0.0633. The van der Waals surface area contributed by atoms with Gasteiger partial charge in [0.1, 0.15) is 0 Å². The predicted molar refractivity (Wildman–Crippen MR) is 86.6 cm³/mol. The van der Waals surface area contributed by atoms with Gasteiger partial charge in [-0.15, -0.1) is 0 Å². The van der Waals surface area contributed by atoms with Crippen LogP contribution < -0.4 is 5.32 Å². The second-order valence-corrected chi connectivity index (χ2v) is 9.01. The molecule has 128 valence electrons. The van der Waals surface area contributed by atoms with Crippen molar-refractivity contribution in [2.75, 3.05) is 26.4 Å². The summed E-state index contributed by atoms with van der Waals surface area (Å²) in [6.45, 7) is 5.61. The van der Waals surface area contributed by atoms with E-state index >= 15 is 0 Å². The Balaban J connectivity index is 1.40. The molecule has 0 heterocycles. The lowest BCUT2D eigenvalue weighted by atomic mass is 9.50. The first-order valence-corrected chi connectivity index (χ1v) is 9.01. The predicted octanol–water partition coefficient (Wildman–Crippen LogP) is 1.94. The fourth-order valence-corrected chi connectivity index (χ4v) is 5.39. The Bertz CT molecular complexity index is 347. The highest BCUT2D eigenvalue weighted by Gasteiger charge is 2.50. The first kappa shape index (κ1) is 16.7. The van der Waals surface area contributed by atoms with E-state index in [0.29, 0.717) is 18.6 Å². The SMILES string of the molecule is CC(C)(CO)NC[C@@H](O)COCC12CC3CC(CC(C3)C1)C2. The van der Waals surface area contributed by atoms with Crippen molar-refractivity contribution < 1.29 is 14.9 Å². The molecule has 0 saturated heterocycles. The number of hydrogen-bond acceptors (Lipinski definition) is 4. The summed E-state index contributed by atoms with van der Waals surface area (Å²) in [6.07, 6.45) is 7.94. The Morgan fingerprint density at radius 3 is 2.18 bits per heavy atom. The van der Waals surface area contributed by atoms with Crippen molar-refractivity contribution in [3.05, 3.63) is 0 Å². The second kappa shape index (κ2) is 6.39. The maximum absolute atomic E-state index is 10.1. The molecule has 4 aliphatic carbocycles. The van der Waals surface area contributed by atoms with Gasteiger partial charge in [-0.2, -0.15) is 0 Å². The number of aliphatic hydroxyl groups is 2. The van der Waals surface area contributed by atoms with Crippen LogP contribution in [0.15, 0.2) is 0 Å². The van der Waals surface area contributed by atoms with Crippen LogP contribution in [0.1, 0.15) is 52.4 Å². The molecule has 0 amide bonds. The number of rotatable bonds is 8. The molecule has 3 N–H and O–H groups in total. The summed E-state index contributed by atoms with van der Waals surface area (Å²) < 4.78 is 5.93. The van der Waals surface area contributed by atoms with Crippen molar-refractivity contribution in [2.24, 2.45) is 23.2 Å². The van der Waals surface area contributed by atoms with Gasteiger partial charge in [-0.25, -0.2) is 0 Å². The summed E-state index contributed by atoms with van der Waals surface area (Å²) in [6, 6.07) is 0. The molecule has 0 aromatic heterocycles. The fraction of sp³-hybridized carbons (Fsp3) is 1.00. The summed E-state index contributed by atoms with van der Waals surface area (Å²) >= 11 is 0. The molecular weight excluding hydrogens is 278 g/mol. The van der Waals surface area contributed by atoms with Gasteiger partial charge < -0.3 is 20.3 Å². The first-order valence-electron chi connectivity index (χ1n) is 9.01. The number of β-amino-alcohol motifs (C(OH)–C–C–N with tert-alkyl or cyclic N) is 1. The van der Waals surface area contributed by atoms with Gasteiger partial charge in [0.05, 0.1) is 25.9 Å². The summed E-state index contributed by atoms with van der Waals surface area (Å²) in [7, 11) is 0. The van der Waals surface area contributed by atoms with Crippen molar-refractivity contribution in [3.8, 4) is 0 Å². The zero-order valence-corrected chi connectivity index (χ0v) is 14.2. The molecule has 4 fully saturated rings. The van der Waals surface area contributed by atoms with Crippen molar-refractivity contribution in [1.82, 2.24) is 5.32 Å². The number of hydrogen-bond donors (Lipinski definition) is 3. The molecule has 0 aromatic carbocycles. The van der Waals surface area contributed by atoms with E-state index in [1.807, 2.05) is 13.8 Å². The van der Waals surface area contributed by atoms with Gasteiger partial charge in [-0.3, -0.25) is 0 Å². The van der Waals surface area contributed by atoms with Crippen LogP contribution in [0.2, 0.25) is 0 Å². The molecule has 0 aromatic rings. The fourth-order valence-electron chi connectivity index (χ4n) is 5.39. The van der Waals surface area contributed by atoms with Crippen molar-refractivity contribution in [1.29, 1.82) is 0 Å². The van der Waals surface area contributed by atoms with Crippen LogP contribution in [0.25, 0.3) is 0 Å². The maximum Gasteiger partial charge on any atom is 0.0897 e. The molecule has 22 heavy (non-hydrogen) atoms. The summed E-state index contributed by atoms with van der Waals surface area (Å²) in [5, 5.41) is 22.4. The van der Waals surface area contributed by atoms with Crippen LogP contribution >= 0.6 is 0 Å². The molecule has 4 saturated carbocycles. The summed E-state index contributed by atoms with van der Waals surface area (Å²) in [5.74, 6) is 2.85. The Kier molecular flexibility index (Phi) is 4.84.